The van der Waals surface area contributed by atoms with Crippen molar-refractivity contribution in [2.45, 2.75) is 6.92 Å². The van der Waals surface area contributed by atoms with E-state index in [4.69, 9.17) is 5.73 Å². The van der Waals surface area contributed by atoms with Crippen LogP contribution in [0, 0.1) is 0 Å². The molecule has 0 aliphatic carbocycles. The molecule has 0 atom stereocenters. The molecule has 0 unspecified atom stereocenters. The van der Waals surface area contributed by atoms with Gasteiger partial charge in [0.2, 0.25) is 5.91 Å². The Morgan fingerprint density at radius 3 is 2.79 bits per heavy atom. The highest BCUT2D eigenvalue weighted by Crippen LogP contribution is 2.27. The molecule has 2 aromatic rings. The second-order valence-electron chi connectivity index (χ2n) is 4.04. The molecule has 1 aromatic heterocycles. The molecule has 5 nitrogen and oxygen atoms in total. The predicted octanol–water partition coefficient (Wildman–Crippen LogP) is 1.35. The first-order valence-corrected chi connectivity index (χ1v) is 6.75. The first kappa shape index (κ1) is 13.4. The molecule has 0 radical (unpaired) electrons. The van der Waals surface area contributed by atoms with Crippen molar-refractivity contribution in [2.75, 3.05) is 18.8 Å². The monoisotopic (exact) mass is 277 g/mol. The molecule has 0 saturated carbocycles. The Morgan fingerprint density at radius 2 is 2.05 bits per heavy atom. The van der Waals surface area contributed by atoms with Gasteiger partial charge in [-0.05, 0) is 36.6 Å². The third-order valence-corrected chi connectivity index (χ3v) is 3.66. The summed E-state index contributed by atoms with van der Waals surface area (Å²) >= 11 is 1.38. The number of carbonyl (C=O) groups excluding carboxylic acids is 2. The first-order valence-electron chi connectivity index (χ1n) is 5.94. The number of hydrogen-bond donors (Lipinski definition) is 3. The molecule has 1 aromatic carbocycles. The van der Waals surface area contributed by atoms with Gasteiger partial charge in [0, 0.05) is 16.9 Å². The van der Waals surface area contributed by atoms with Gasteiger partial charge in [0.1, 0.15) is 0 Å². The molecule has 0 aliphatic heterocycles. The molecule has 2 amide bonds. The van der Waals surface area contributed by atoms with Gasteiger partial charge in [-0.15, -0.1) is 11.3 Å². The van der Waals surface area contributed by atoms with E-state index in [2.05, 4.69) is 10.6 Å². The smallest absolute Gasteiger partial charge is 0.261 e. The van der Waals surface area contributed by atoms with Gasteiger partial charge >= 0.3 is 0 Å². The molecule has 6 heteroatoms. The van der Waals surface area contributed by atoms with Crippen LogP contribution in [-0.4, -0.2) is 24.9 Å². The number of fused-ring (bicyclic) bond motifs is 1. The Hall–Kier alpha value is -2.08. The van der Waals surface area contributed by atoms with Crippen LogP contribution in [0.1, 0.15) is 16.6 Å². The number of nitrogen functional groups attached to an aromatic ring is 1. The molecule has 0 spiro atoms. The Balaban J connectivity index is 2.07. The zero-order valence-corrected chi connectivity index (χ0v) is 11.3. The number of hydrogen-bond acceptors (Lipinski definition) is 4. The van der Waals surface area contributed by atoms with Gasteiger partial charge in [0.25, 0.3) is 5.91 Å². The van der Waals surface area contributed by atoms with Gasteiger partial charge < -0.3 is 16.4 Å². The van der Waals surface area contributed by atoms with Crippen LogP contribution in [0.2, 0.25) is 0 Å². The normalized spacial score (nSPS) is 10.4. The van der Waals surface area contributed by atoms with Crippen molar-refractivity contribution < 1.29 is 9.59 Å². The van der Waals surface area contributed by atoms with Crippen LogP contribution >= 0.6 is 11.3 Å². The summed E-state index contributed by atoms with van der Waals surface area (Å²) in [5.41, 5.74) is 6.36. The second-order valence-corrected chi connectivity index (χ2v) is 5.13. The van der Waals surface area contributed by atoms with Crippen molar-refractivity contribution >= 4 is 38.9 Å². The van der Waals surface area contributed by atoms with Crippen LogP contribution in [0.15, 0.2) is 24.3 Å². The lowest BCUT2D eigenvalue weighted by Gasteiger charge is -2.03. The van der Waals surface area contributed by atoms with E-state index >= 15 is 0 Å². The fourth-order valence-corrected chi connectivity index (χ4v) is 2.64. The third-order valence-electron chi connectivity index (χ3n) is 2.55. The lowest BCUT2D eigenvalue weighted by atomic mass is 10.2. The molecule has 19 heavy (non-hydrogen) atoms. The van der Waals surface area contributed by atoms with Crippen LogP contribution in [-0.2, 0) is 4.79 Å². The molecule has 0 saturated heterocycles. The molecule has 2 rings (SSSR count). The minimum absolute atomic E-state index is 0.0109. The summed E-state index contributed by atoms with van der Waals surface area (Å²) in [7, 11) is 0. The Labute approximate surface area is 114 Å². The van der Waals surface area contributed by atoms with E-state index in [1.807, 2.05) is 19.1 Å². The highest BCUT2D eigenvalue weighted by molar-refractivity contribution is 7.20. The summed E-state index contributed by atoms with van der Waals surface area (Å²) in [4.78, 5) is 23.7. The number of anilines is 1. The van der Waals surface area contributed by atoms with E-state index < -0.39 is 0 Å². The largest absolute Gasteiger partial charge is 0.399 e. The topological polar surface area (TPSA) is 84.2 Å². The van der Waals surface area contributed by atoms with Crippen molar-refractivity contribution in [3.63, 3.8) is 0 Å². The van der Waals surface area contributed by atoms with E-state index in [0.717, 1.165) is 10.1 Å². The molecule has 0 bridgehead atoms. The fraction of sp³-hybridized carbons (Fsp3) is 0.231. The minimum atomic E-state index is -0.244. The van der Waals surface area contributed by atoms with Crippen LogP contribution in [0.5, 0.6) is 0 Å². The van der Waals surface area contributed by atoms with E-state index in [0.29, 0.717) is 17.1 Å². The molecule has 4 N–H and O–H groups in total. The average Bonchev–Trinajstić information content (AvgIpc) is 2.79. The average molecular weight is 277 g/mol. The lowest BCUT2D eigenvalue weighted by molar-refractivity contribution is -0.120. The molecular weight excluding hydrogens is 262 g/mol. The summed E-state index contributed by atoms with van der Waals surface area (Å²) in [6.07, 6.45) is 0. The van der Waals surface area contributed by atoms with E-state index in [1.165, 1.54) is 11.3 Å². The number of amides is 2. The minimum Gasteiger partial charge on any atom is -0.399 e. The van der Waals surface area contributed by atoms with Gasteiger partial charge in [0.15, 0.2) is 0 Å². The number of likely N-dealkylation sites (N-methyl/N-ethyl adjacent to an activating group) is 1. The number of benzene rings is 1. The van der Waals surface area contributed by atoms with Crippen LogP contribution in [0.3, 0.4) is 0 Å². The van der Waals surface area contributed by atoms with Gasteiger partial charge in [-0.3, -0.25) is 9.59 Å². The zero-order valence-electron chi connectivity index (χ0n) is 10.5. The summed E-state index contributed by atoms with van der Waals surface area (Å²) in [6, 6.07) is 7.29. The number of thiophene rings is 1. The zero-order chi connectivity index (χ0) is 13.8. The number of nitrogens with two attached hydrogens (primary N) is 1. The van der Waals surface area contributed by atoms with Gasteiger partial charge in [-0.1, -0.05) is 0 Å². The molecule has 0 fully saturated rings. The first-order chi connectivity index (χ1) is 9.10. The highest BCUT2D eigenvalue weighted by Gasteiger charge is 2.11. The Bertz CT molecular complexity index is 621. The fourth-order valence-electron chi connectivity index (χ4n) is 1.68. The van der Waals surface area contributed by atoms with Crippen LogP contribution < -0.4 is 16.4 Å². The predicted molar refractivity (Wildman–Crippen MR) is 77.3 cm³/mol. The summed E-state index contributed by atoms with van der Waals surface area (Å²) in [5.74, 6) is -0.438. The quantitative estimate of drug-likeness (QED) is 0.738. The highest BCUT2D eigenvalue weighted by atomic mass is 32.1. The Kier molecular flexibility index (Phi) is 4.01. The summed E-state index contributed by atoms with van der Waals surface area (Å²) in [6.45, 7) is 2.37. The lowest BCUT2D eigenvalue weighted by Crippen LogP contribution is -2.36. The molecule has 1 heterocycles. The third kappa shape index (κ3) is 3.23. The number of rotatable bonds is 4. The molecule has 0 aliphatic rings. The van der Waals surface area contributed by atoms with Gasteiger partial charge in [-0.25, -0.2) is 0 Å². The van der Waals surface area contributed by atoms with Crippen molar-refractivity contribution in [3.05, 3.63) is 29.1 Å². The number of nitrogens with one attached hydrogen (secondary N) is 2. The molecular formula is C13H15N3O2S. The maximum Gasteiger partial charge on any atom is 0.261 e. The van der Waals surface area contributed by atoms with Crippen molar-refractivity contribution in [2.24, 2.45) is 0 Å². The molecule has 100 valence electrons. The summed E-state index contributed by atoms with van der Waals surface area (Å²) < 4.78 is 0.998. The van der Waals surface area contributed by atoms with Gasteiger partial charge in [-0.2, -0.15) is 0 Å². The van der Waals surface area contributed by atoms with E-state index in [-0.39, 0.29) is 18.4 Å². The van der Waals surface area contributed by atoms with E-state index in [9.17, 15) is 9.59 Å². The van der Waals surface area contributed by atoms with Crippen LogP contribution in [0.4, 0.5) is 5.69 Å². The van der Waals surface area contributed by atoms with Gasteiger partial charge in [0.05, 0.1) is 11.4 Å². The van der Waals surface area contributed by atoms with Crippen molar-refractivity contribution in [3.8, 4) is 0 Å². The van der Waals surface area contributed by atoms with E-state index in [1.54, 1.807) is 12.1 Å². The summed E-state index contributed by atoms with van der Waals surface area (Å²) in [5, 5.41) is 6.15. The second kappa shape index (κ2) is 5.71. The maximum absolute atomic E-state index is 11.9. The van der Waals surface area contributed by atoms with Crippen LogP contribution in [0.25, 0.3) is 10.1 Å². The van der Waals surface area contributed by atoms with Crippen molar-refractivity contribution in [1.82, 2.24) is 10.6 Å². The standard InChI is InChI=1S/C13H15N3O2S/c1-2-15-12(17)7-16-13(18)11-6-8-5-9(14)3-4-10(8)19-11/h3-6H,2,7,14H2,1H3,(H,15,17)(H,16,18). The number of carbonyl (C=O) groups is 2. The maximum atomic E-state index is 11.9. The SMILES string of the molecule is CCNC(=O)CNC(=O)c1cc2cc(N)ccc2s1. The Morgan fingerprint density at radius 1 is 1.26 bits per heavy atom. The van der Waals surface area contributed by atoms with Crippen molar-refractivity contribution in [1.29, 1.82) is 0 Å².